The number of ether oxygens (including phenoxy) is 2. The zero-order valence-corrected chi connectivity index (χ0v) is 13.6. The van der Waals surface area contributed by atoms with E-state index in [1.807, 2.05) is 31.2 Å². The molecule has 0 unspecified atom stereocenters. The van der Waals surface area contributed by atoms with Crippen LogP contribution in [0.5, 0.6) is 5.75 Å². The van der Waals surface area contributed by atoms with Gasteiger partial charge in [0.25, 0.3) is 0 Å². The van der Waals surface area contributed by atoms with Gasteiger partial charge in [-0.2, -0.15) is 0 Å². The first-order valence-corrected chi connectivity index (χ1v) is 9.01. The van der Waals surface area contributed by atoms with Crippen molar-refractivity contribution in [3.8, 4) is 5.75 Å². The van der Waals surface area contributed by atoms with E-state index in [9.17, 15) is 8.42 Å². The Balaban J connectivity index is 2.31. The van der Waals surface area contributed by atoms with Crippen molar-refractivity contribution in [3.63, 3.8) is 0 Å². The van der Waals surface area contributed by atoms with Crippen molar-refractivity contribution in [1.82, 2.24) is 5.32 Å². The summed E-state index contributed by atoms with van der Waals surface area (Å²) in [4.78, 5) is 0. The van der Waals surface area contributed by atoms with Crippen molar-refractivity contribution < 1.29 is 17.9 Å². The van der Waals surface area contributed by atoms with Crippen molar-refractivity contribution in [3.05, 3.63) is 29.8 Å². The summed E-state index contributed by atoms with van der Waals surface area (Å²) < 4.78 is 33.5. The SMILES string of the molecule is CCCS(=O)(=O)CCOc1ccc(CNCCOC)cc1. The summed E-state index contributed by atoms with van der Waals surface area (Å²) in [5.74, 6) is 0.992. The molecule has 21 heavy (non-hydrogen) atoms. The Hall–Kier alpha value is -1.11. The fourth-order valence-electron chi connectivity index (χ4n) is 1.81. The van der Waals surface area contributed by atoms with Gasteiger partial charge in [0.15, 0.2) is 9.84 Å². The molecule has 0 amide bonds. The summed E-state index contributed by atoms with van der Waals surface area (Å²) in [6.45, 7) is 4.33. The van der Waals surface area contributed by atoms with E-state index in [0.717, 1.165) is 18.7 Å². The van der Waals surface area contributed by atoms with E-state index in [1.165, 1.54) is 0 Å². The highest BCUT2D eigenvalue weighted by Crippen LogP contribution is 2.12. The van der Waals surface area contributed by atoms with E-state index in [4.69, 9.17) is 9.47 Å². The molecule has 0 fully saturated rings. The predicted molar refractivity (Wildman–Crippen MR) is 84.5 cm³/mol. The lowest BCUT2D eigenvalue weighted by molar-refractivity contribution is 0.199. The molecule has 0 heterocycles. The third-order valence-corrected chi connectivity index (χ3v) is 4.73. The molecule has 1 aromatic rings. The molecule has 0 bridgehead atoms. The van der Waals surface area contributed by atoms with Gasteiger partial charge in [0.1, 0.15) is 12.4 Å². The molecule has 120 valence electrons. The minimum atomic E-state index is -2.97. The van der Waals surface area contributed by atoms with Gasteiger partial charge in [-0.3, -0.25) is 0 Å². The van der Waals surface area contributed by atoms with Crippen LogP contribution < -0.4 is 10.1 Å². The number of rotatable bonds is 11. The highest BCUT2D eigenvalue weighted by atomic mass is 32.2. The van der Waals surface area contributed by atoms with Crippen LogP contribution in [-0.2, 0) is 21.1 Å². The van der Waals surface area contributed by atoms with Gasteiger partial charge in [0, 0.05) is 20.2 Å². The molecule has 1 aromatic carbocycles. The molecular formula is C15H25NO4S. The second kappa shape index (κ2) is 9.76. The molecule has 0 aromatic heterocycles. The summed E-state index contributed by atoms with van der Waals surface area (Å²) in [6.07, 6.45) is 0.646. The average molecular weight is 315 g/mol. The topological polar surface area (TPSA) is 64.6 Å². The first kappa shape index (κ1) is 17.9. The van der Waals surface area contributed by atoms with Gasteiger partial charge in [-0.1, -0.05) is 19.1 Å². The van der Waals surface area contributed by atoms with Crippen LogP contribution >= 0.6 is 0 Å². The van der Waals surface area contributed by atoms with Crippen molar-refractivity contribution in [2.45, 2.75) is 19.9 Å². The minimum absolute atomic E-state index is 0.0706. The van der Waals surface area contributed by atoms with E-state index >= 15 is 0 Å². The molecule has 0 atom stereocenters. The maximum Gasteiger partial charge on any atom is 0.153 e. The first-order chi connectivity index (χ1) is 10.1. The largest absolute Gasteiger partial charge is 0.493 e. The zero-order chi connectivity index (χ0) is 15.6. The van der Waals surface area contributed by atoms with E-state index in [2.05, 4.69) is 5.32 Å². The van der Waals surface area contributed by atoms with E-state index in [1.54, 1.807) is 7.11 Å². The molecule has 5 nitrogen and oxygen atoms in total. The maximum atomic E-state index is 11.5. The number of methoxy groups -OCH3 is 1. The highest BCUT2D eigenvalue weighted by molar-refractivity contribution is 7.91. The number of nitrogens with one attached hydrogen (secondary N) is 1. The highest BCUT2D eigenvalue weighted by Gasteiger charge is 2.09. The smallest absolute Gasteiger partial charge is 0.153 e. The van der Waals surface area contributed by atoms with Crippen LogP contribution in [0.25, 0.3) is 0 Å². The molecule has 0 aliphatic rings. The predicted octanol–water partition coefficient (Wildman–Crippen LogP) is 1.63. The lowest BCUT2D eigenvalue weighted by atomic mass is 10.2. The van der Waals surface area contributed by atoms with Crippen LogP contribution in [0.3, 0.4) is 0 Å². The molecule has 1 rings (SSSR count). The summed E-state index contributed by atoms with van der Waals surface area (Å²) in [5, 5.41) is 3.25. The summed E-state index contributed by atoms with van der Waals surface area (Å²) >= 11 is 0. The Kier molecular flexibility index (Phi) is 8.34. The van der Waals surface area contributed by atoms with Gasteiger partial charge >= 0.3 is 0 Å². The van der Waals surface area contributed by atoms with Gasteiger partial charge < -0.3 is 14.8 Å². The van der Waals surface area contributed by atoms with Crippen LogP contribution in [0.2, 0.25) is 0 Å². The van der Waals surface area contributed by atoms with E-state index in [0.29, 0.717) is 18.8 Å². The number of benzene rings is 1. The quantitative estimate of drug-likeness (QED) is 0.629. The summed E-state index contributed by atoms with van der Waals surface area (Å²) in [7, 11) is -1.30. The van der Waals surface area contributed by atoms with Gasteiger partial charge in [-0.05, 0) is 24.1 Å². The maximum absolute atomic E-state index is 11.5. The molecule has 0 spiro atoms. The van der Waals surface area contributed by atoms with Crippen molar-refractivity contribution in [2.24, 2.45) is 0 Å². The Morgan fingerprint density at radius 2 is 1.81 bits per heavy atom. The Morgan fingerprint density at radius 3 is 2.43 bits per heavy atom. The fraction of sp³-hybridized carbons (Fsp3) is 0.600. The van der Waals surface area contributed by atoms with Crippen LogP contribution in [0.15, 0.2) is 24.3 Å². The molecule has 0 aliphatic heterocycles. The number of hydrogen-bond acceptors (Lipinski definition) is 5. The van der Waals surface area contributed by atoms with Crippen molar-refractivity contribution in [2.75, 3.05) is 38.4 Å². The number of hydrogen-bond donors (Lipinski definition) is 1. The minimum Gasteiger partial charge on any atom is -0.493 e. The third kappa shape index (κ3) is 8.04. The number of sulfone groups is 1. The first-order valence-electron chi connectivity index (χ1n) is 7.19. The van der Waals surface area contributed by atoms with Crippen LogP contribution in [0, 0.1) is 0 Å². The summed E-state index contributed by atoms with van der Waals surface area (Å²) in [5.41, 5.74) is 1.15. The van der Waals surface area contributed by atoms with Gasteiger partial charge in [-0.15, -0.1) is 0 Å². The fourth-order valence-corrected chi connectivity index (χ4v) is 2.97. The lowest BCUT2D eigenvalue weighted by Gasteiger charge is -2.08. The molecular weight excluding hydrogens is 290 g/mol. The van der Waals surface area contributed by atoms with E-state index in [-0.39, 0.29) is 18.1 Å². The third-order valence-electron chi connectivity index (χ3n) is 2.91. The normalized spacial score (nSPS) is 11.5. The van der Waals surface area contributed by atoms with Gasteiger partial charge in [-0.25, -0.2) is 8.42 Å². The Labute approximate surface area is 127 Å². The van der Waals surface area contributed by atoms with Gasteiger partial charge in [0.2, 0.25) is 0 Å². The average Bonchev–Trinajstić information content (AvgIpc) is 2.45. The molecule has 0 aliphatic carbocycles. The van der Waals surface area contributed by atoms with Crippen LogP contribution in [0.1, 0.15) is 18.9 Å². The molecule has 0 saturated carbocycles. The second-order valence-corrected chi connectivity index (χ2v) is 7.12. The van der Waals surface area contributed by atoms with Crippen LogP contribution in [0.4, 0.5) is 0 Å². The van der Waals surface area contributed by atoms with Crippen molar-refractivity contribution in [1.29, 1.82) is 0 Å². The molecule has 0 saturated heterocycles. The van der Waals surface area contributed by atoms with E-state index < -0.39 is 9.84 Å². The Bertz CT molecular complexity index is 485. The standard InChI is InChI=1S/C15H25NO4S/c1-3-11-21(17,18)12-10-20-15-6-4-14(5-7-15)13-16-8-9-19-2/h4-7,16H,3,8-13H2,1-2H3. The molecule has 1 N–H and O–H groups in total. The zero-order valence-electron chi connectivity index (χ0n) is 12.8. The van der Waals surface area contributed by atoms with Gasteiger partial charge in [0.05, 0.1) is 18.1 Å². The van der Waals surface area contributed by atoms with Crippen LogP contribution in [-0.4, -0.2) is 46.8 Å². The molecule has 6 heteroatoms. The second-order valence-electron chi connectivity index (χ2n) is 4.81. The lowest BCUT2D eigenvalue weighted by Crippen LogP contribution is -2.18. The van der Waals surface area contributed by atoms with Crippen molar-refractivity contribution >= 4 is 9.84 Å². The molecule has 0 radical (unpaired) electrons. The summed E-state index contributed by atoms with van der Waals surface area (Å²) in [6, 6.07) is 7.66. The monoisotopic (exact) mass is 315 g/mol. The Morgan fingerprint density at radius 1 is 1.10 bits per heavy atom.